The number of amides is 3. The largest absolute Gasteiger partial charge is 0.345 e. The molecule has 2 saturated heterocycles. The van der Waals surface area contributed by atoms with E-state index in [0.717, 1.165) is 39.0 Å². The highest BCUT2D eigenvalue weighted by Gasteiger charge is 2.46. The first-order valence-corrected chi connectivity index (χ1v) is 11.3. The first-order valence-electron chi connectivity index (χ1n) is 10.1. The van der Waals surface area contributed by atoms with Crippen LogP contribution in [0.5, 0.6) is 0 Å². The zero-order valence-electron chi connectivity index (χ0n) is 17.5. The predicted octanol–water partition coefficient (Wildman–Crippen LogP) is 0.0553. The molecule has 0 aromatic rings. The molecule has 2 fully saturated rings. The number of hydrogen-bond donors (Lipinski definition) is 3. The minimum absolute atomic E-state index is 0.0116. The lowest BCUT2D eigenvalue weighted by Crippen LogP contribution is -2.63. The van der Waals surface area contributed by atoms with Gasteiger partial charge in [0, 0.05) is 31.6 Å². The SMILES string of the molecule is CNCC(=O)NC(CC(C)C)C(=O)NCC(=O)N1CC2(CCN(SC)CC2)C1. The lowest BCUT2D eigenvalue weighted by Gasteiger charge is -2.53. The van der Waals surface area contributed by atoms with E-state index >= 15 is 0 Å². The molecule has 3 amide bonds. The maximum Gasteiger partial charge on any atom is 0.243 e. The number of hydrogen-bond acceptors (Lipinski definition) is 6. The summed E-state index contributed by atoms with van der Waals surface area (Å²) < 4.78 is 2.37. The third-order valence-electron chi connectivity index (χ3n) is 5.56. The van der Waals surface area contributed by atoms with Gasteiger partial charge in [-0.15, -0.1) is 0 Å². The summed E-state index contributed by atoms with van der Waals surface area (Å²) in [5.74, 6) is -0.314. The van der Waals surface area contributed by atoms with Crippen molar-refractivity contribution in [1.29, 1.82) is 0 Å². The Labute approximate surface area is 172 Å². The molecule has 9 heteroatoms. The number of piperidine rings is 1. The molecule has 1 atom stereocenters. The molecule has 2 aliphatic rings. The monoisotopic (exact) mass is 413 g/mol. The number of nitrogens with zero attached hydrogens (tertiary/aromatic N) is 2. The maximum absolute atomic E-state index is 12.5. The van der Waals surface area contributed by atoms with Crippen LogP contribution in [-0.2, 0) is 14.4 Å². The highest BCUT2D eigenvalue weighted by Crippen LogP contribution is 2.41. The normalized spacial score (nSPS) is 20.0. The summed E-state index contributed by atoms with van der Waals surface area (Å²) in [6.07, 6.45) is 4.88. The van der Waals surface area contributed by atoms with Gasteiger partial charge in [-0.25, -0.2) is 0 Å². The Morgan fingerprint density at radius 1 is 1.11 bits per heavy atom. The first-order chi connectivity index (χ1) is 13.3. The van der Waals surface area contributed by atoms with Crippen LogP contribution in [0.25, 0.3) is 0 Å². The zero-order chi connectivity index (χ0) is 20.7. The van der Waals surface area contributed by atoms with Gasteiger partial charge in [-0.05, 0) is 38.5 Å². The fraction of sp³-hybridized carbons (Fsp3) is 0.842. The van der Waals surface area contributed by atoms with Crippen LogP contribution in [0.2, 0.25) is 0 Å². The van der Waals surface area contributed by atoms with Crippen LogP contribution in [0.4, 0.5) is 0 Å². The standard InChI is InChI=1S/C19H35N5O3S/c1-14(2)9-15(22-16(25)10-20-3)18(27)21-11-17(26)23-12-19(13-23)5-7-24(28-4)8-6-19/h14-15,20H,5-13H2,1-4H3,(H,21,27)(H,22,25). The summed E-state index contributed by atoms with van der Waals surface area (Å²) in [5.41, 5.74) is 0.271. The average Bonchev–Trinajstić information content (AvgIpc) is 2.63. The fourth-order valence-electron chi connectivity index (χ4n) is 3.91. The second-order valence-corrected chi connectivity index (χ2v) is 9.24. The van der Waals surface area contributed by atoms with E-state index in [2.05, 4.69) is 26.5 Å². The quantitative estimate of drug-likeness (QED) is 0.463. The molecular weight excluding hydrogens is 378 g/mol. The number of carbonyl (C=O) groups is 3. The summed E-state index contributed by atoms with van der Waals surface area (Å²) in [7, 11) is 1.68. The molecule has 0 aromatic carbocycles. The highest BCUT2D eigenvalue weighted by atomic mass is 32.2. The van der Waals surface area contributed by atoms with Crippen molar-refractivity contribution in [3.8, 4) is 0 Å². The van der Waals surface area contributed by atoms with E-state index in [9.17, 15) is 14.4 Å². The molecule has 1 unspecified atom stereocenters. The molecule has 28 heavy (non-hydrogen) atoms. The van der Waals surface area contributed by atoms with E-state index in [1.54, 1.807) is 19.0 Å². The van der Waals surface area contributed by atoms with Gasteiger partial charge in [-0.1, -0.05) is 25.8 Å². The third-order valence-corrected chi connectivity index (χ3v) is 6.44. The van der Waals surface area contributed by atoms with Gasteiger partial charge in [0.15, 0.2) is 0 Å². The Morgan fingerprint density at radius 3 is 2.29 bits per heavy atom. The number of likely N-dealkylation sites (N-methyl/N-ethyl adjacent to an activating group) is 1. The van der Waals surface area contributed by atoms with Crippen LogP contribution < -0.4 is 16.0 Å². The lowest BCUT2D eigenvalue weighted by atomic mass is 9.72. The van der Waals surface area contributed by atoms with Gasteiger partial charge in [-0.2, -0.15) is 0 Å². The molecule has 2 heterocycles. The Bertz CT molecular complexity index is 556. The van der Waals surface area contributed by atoms with Crippen molar-refractivity contribution in [2.45, 2.75) is 39.2 Å². The molecular formula is C19H35N5O3S. The van der Waals surface area contributed by atoms with Crippen molar-refractivity contribution in [1.82, 2.24) is 25.2 Å². The predicted molar refractivity (Wildman–Crippen MR) is 112 cm³/mol. The summed E-state index contributed by atoms with van der Waals surface area (Å²) in [4.78, 5) is 38.6. The van der Waals surface area contributed by atoms with Crippen LogP contribution >= 0.6 is 11.9 Å². The first kappa shape index (κ1) is 23.0. The van der Waals surface area contributed by atoms with Crippen molar-refractivity contribution < 1.29 is 14.4 Å². The number of carbonyl (C=O) groups excluding carboxylic acids is 3. The van der Waals surface area contributed by atoms with Gasteiger partial charge < -0.3 is 20.9 Å². The van der Waals surface area contributed by atoms with Crippen molar-refractivity contribution in [3.05, 3.63) is 0 Å². The minimum atomic E-state index is -0.618. The van der Waals surface area contributed by atoms with Crippen molar-refractivity contribution in [2.75, 3.05) is 52.6 Å². The Hall–Kier alpha value is -1.32. The van der Waals surface area contributed by atoms with E-state index in [-0.39, 0.29) is 42.1 Å². The average molecular weight is 414 g/mol. The van der Waals surface area contributed by atoms with Gasteiger partial charge in [0.05, 0.1) is 13.1 Å². The van der Waals surface area contributed by atoms with Crippen molar-refractivity contribution in [3.63, 3.8) is 0 Å². The summed E-state index contributed by atoms with van der Waals surface area (Å²) in [6, 6.07) is -0.618. The van der Waals surface area contributed by atoms with E-state index in [1.807, 2.05) is 18.7 Å². The van der Waals surface area contributed by atoms with Gasteiger partial charge in [0.1, 0.15) is 6.04 Å². The van der Waals surface area contributed by atoms with E-state index in [0.29, 0.717) is 6.42 Å². The second-order valence-electron chi connectivity index (χ2n) is 8.36. The molecule has 2 rings (SSSR count). The molecule has 8 nitrogen and oxygen atoms in total. The molecule has 0 bridgehead atoms. The molecule has 0 aromatic heterocycles. The molecule has 2 aliphatic heterocycles. The fourth-order valence-corrected chi connectivity index (χ4v) is 4.45. The minimum Gasteiger partial charge on any atom is -0.345 e. The Balaban J connectivity index is 1.76. The number of nitrogens with one attached hydrogen (secondary N) is 3. The van der Waals surface area contributed by atoms with Gasteiger partial charge in [0.25, 0.3) is 0 Å². The maximum atomic E-state index is 12.5. The molecule has 160 valence electrons. The number of likely N-dealkylation sites (tertiary alicyclic amines) is 1. The molecule has 3 N–H and O–H groups in total. The van der Waals surface area contributed by atoms with Crippen LogP contribution in [-0.4, -0.2) is 85.5 Å². The van der Waals surface area contributed by atoms with Gasteiger partial charge >= 0.3 is 0 Å². The Kier molecular flexibility index (Phi) is 8.57. The van der Waals surface area contributed by atoms with Crippen molar-refractivity contribution >= 4 is 29.7 Å². The summed E-state index contributed by atoms with van der Waals surface area (Å²) >= 11 is 1.78. The van der Waals surface area contributed by atoms with E-state index in [4.69, 9.17) is 0 Å². The highest BCUT2D eigenvalue weighted by molar-refractivity contribution is 7.96. The molecule has 0 saturated carbocycles. The van der Waals surface area contributed by atoms with Gasteiger partial charge in [-0.3, -0.25) is 18.7 Å². The lowest BCUT2D eigenvalue weighted by molar-refractivity contribution is -0.146. The topological polar surface area (TPSA) is 93.8 Å². The van der Waals surface area contributed by atoms with Gasteiger partial charge in [0.2, 0.25) is 17.7 Å². The van der Waals surface area contributed by atoms with Crippen LogP contribution in [0.15, 0.2) is 0 Å². The molecule has 1 spiro atoms. The Morgan fingerprint density at radius 2 is 1.75 bits per heavy atom. The molecule has 0 radical (unpaired) electrons. The van der Waals surface area contributed by atoms with E-state index < -0.39 is 6.04 Å². The van der Waals surface area contributed by atoms with Crippen LogP contribution in [0, 0.1) is 11.3 Å². The van der Waals surface area contributed by atoms with Crippen molar-refractivity contribution in [2.24, 2.45) is 11.3 Å². The third kappa shape index (κ3) is 6.35. The summed E-state index contributed by atoms with van der Waals surface area (Å²) in [6.45, 7) is 7.87. The van der Waals surface area contributed by atoms with Crippen LogP contribution in [0.3, 0.4) is 0 Å². The smallest absolute Gasteiger partial charge is 0.243 e. The molecule has 0 aliphatic carbocycles. The van der Waals surface area contributed by atoms with Crippen LogP contribution in [0.1, 0.15) is 33.1 Å². The summed E-state index contributed by atoms with van der Waals surface area (Å²) in [5, 5.41) is 8.23. The van der Waals surface area contributed by atoms with E-state index in [1.165, 1.54) is 0 Å². The number of rotatable bonds is 9. The zero-order valence-corrected chi connectivity index (χ0v) is 18.4. The second kappa shape index (κ2) is 10.5.